The molecule has 0 atom stereocenters. The predicted octanol–water partition coefficient (Wildman–Crippen LogP) is 4.89. The summed E-state index contributed by atoms with van der Waals surface area (Å²) < 4.78 is 33.0. The first-order valence-electron chi connectivity index (χ1n) is 9.03. The molecule has 4 aromatic rings. The van der Waals surface area contributed by atoms with Crippen molar-refractivity contribution in [1.82, 2.24) is 9.78 Å². The highest BCUT2D eigenvalue weighted by atomic mass is 32.2. The molecule has 0 aliphatic carbocycles. The number of para-hydroxylation sites is 1. The van der Waals surface area contributed by atoms with Gasteiger partial charge in [0.2, 0.25) is 0 Å². The van der Waals surface area contributed by atoms with E-state index in [4.69, 9.17) is 9.84 Å². The Morgan fingerprint density at radius 2 is 1.79 bits per heavy atom. The summed E-state index contributed by atoms with van der Waals surface area (Å²) in [5.74, 6) is 0.473. The Bertz CT molecular complexity index is 1230. The molecule has 0 N–H and O–H groups in total. The van der Waals surface area contributed by atoms with Gasteiger partial charge in [-0.1, -0.05) is 24.3 Å². The van der Waals surface area contributed by atoms with Gasteiger partial charge in [-0.3, -0.25) is 0 Å². The molecule has 0 unspecified atom stereocenters. The lowest BCUT2D eigenvalue weighted by Gasteiger charge is -2.11. The molecule has 4 rings (SSSR count). The highest BCUT2D eigenvalue weighted by molar-refractivity contribution is 7.90. The second-order valence-electron chi connectivity index (χ2n) is 6.63. The molecule has 2 heterocycles. The van der Waals surface area contributed by atoms with Crippen LogP contribution in [-0.2, 0) is 15.6 Å². The summed E-state index contributed by atoms with van der Waals surface area (Å²) in [4.78, 5) is 1.26. The maximum absolute atomic E-state index is 13.1. The molecule has 0 fully saturated rings. The van der Waals surface area contributed by atoms with Crippen molar-refractivity contribution in [3.05, 3.63) is 83.4 Å². The second-order valence-corrected chi connectivity index (χ2v) is 9.57. The highest BCUT2D eigenvalue weighted by Crippen LogP contribution is 2.29. The van der Waals surface area contributed by atoms with Crippen LogP contribution in [0.25, 0.3) is 16.3 Å². The van der Waals surface area contributed by atoms with Gasteiger partial charge >= 0.3 is 0 Å². The summed E-state index contributed by atoms with van der Waals surface area (Å²) in [6.45, 7) is 1.99. The molecular formula is C22H20N2O3S2. The molecule has 0 amide bonds. The van der Waals surface area contributed by atoms with E-state index < -0.39 is 9.84 Å². The summed E-state index contributed by atoms with van der Waals surface area (Å²) >= 11 is 1.58. The average Bonchev–Trinajstić information content (AvgIpc) is 3.38. The molecule has 2 aromatic heterocycles. The SMILES string of the molecule is COc1ccc(S(=O)(=O)Cc2cc(-c3cccs3)nn2-c2ccccc2C)cc1. The summed E-state index contributed by atoms with van der Waals surface area (Å²) in [5, 5.41) is 6.71. The van der Waals surface area contributed by atoms with Crippen molar-refractivity contribution in [2.75, 3.05) is 7.11 Å². The smallest absolute Gasteiger partial charge is 0.184 e. The van der Waals surface area contributed by atoms with Crippen molar-refractivity contribution in [3.8, 4) is 22.0 Å². The molecule has 0 saturated carbocycles. The number of hydrogen-bond donors (Lipinski definition) is 0. The molecular weight excluding hydrogens is 404 g/mol. The highest BCUT2D eigenvalue weighted by Gasteiger charge is 2.21. The number of sulfone groups is 1. The third-order valence-electron chi connectivity index (χ3n) is 4.66. The van der Waals surface area contributed by atoms with Gasteiger partial charge in [0.15, 0.2) is 9.84 Å². The Balaban J connectivity index is 1.78. The van der Waals surface area contributed by atoms with Gasteiger partial charge in [0, 0.05) is 0 Å². The van der Waals surface area contributed by atoms with Gasteiger partial charge in [0.25, 0.3) is 0 Å². The summed E-state index contributed by atoms with van der Waals surface area (Å²) in [5.41, 5.74) is 3.29. The zero-order valence-corrected chi connectivity index (χ0v) is 17.7. The van der Waals surface area contributed by atoms with Crippen molar-refractivity contribution in [1.29, 1.82) is 0 Å². The van der Waals surface area contributed by atoms with Gasteiger partial charge in [-0.25, -0.2) is 13.1 Å². The Hall–Kier alpha value is -2.90. The summed E-state index contributed by atoms with van der Waals surface area (Å²) in [7, 11) is -2.00. The van der Waals surface area contributed by atoms with Crippen molar-refractivity contribution in [2.24, 2.45) is 0 Å². The van der Waals surface area contributed by atoms with Crippen LogP contribution in [0.3, 0.4) is 0 Å². The van der Waals surface area contributed by atoms with Gasteiger partial charge < -0.3 is 4.74 Å². The van der Waals surface area contributed by atoms with Crippen molar-refractivity contribution in [2.45, 2.75) is 17.6 Å². The Morgan fingerprint density at radius 3 is 2.45 bits per heavy atom. The largest absolute Gasteiger partial charge is 0.497 e. The maximum Gasteiger partial charge on any atom is 0.184 e. The fourth-order valence-electron chi connectivity index (χ4n) is 3.14. The zero-order chi connectivity index (χ0) is 20.4. The van der Waals surface area contributed by atoms with Crippen molar-refractivity contribution >= 4 is 21.2 Å². The number of aromatic nitrogens is 2. The van der Waals surface area contributed by atoms with E-state index in [-0.39, 0.29) is 10.6 Å². The monoisotopic (exact) mass is 424 g/mol. The van der Waals surface area contributed by atoms with E-state index in [1.807, 2.05) is 54.8 Å². The summed E-state index contributed by atoms with van der Waals surface area (Å²) in [6, 6.07) is 20.1. The van der Waals surface area contributed by atoms with Gasteiger partial charge in [-0.2, -0.15) is 5.10 Å². The van der Waals surface area contributed by atoms with E-state index in [9.17, 15) is 8.42 Å². The van der Waals surface area contributed by atoms with Crippen LogP contribution < -0.4 is 4.74 Å². The molecule has 148 valence electrons. The van der Waals surface area contributed by atoms with Crippen LogP contribution in [0.5, 0.6) is 5.75 Å². The topological polar surface area (TPSA) is 61.2 Å². The fourth-order valence-corrected chi connectivity index (χ4v) is 5.13. The molecule has 0 bridgehead atoms. The number of benzene rings is 2. The number of thiophene rings is 1. The number of methoxy groups -OCH3 is 1. The molecule has 2 aromatic carbocycles. The first-order chi connectivity index (χ1) is 14.0. The second kappa shape index (κ2) is 7.85. The Morgan fingerprint density at radius 1 is 1.03 bits per heavy atom. The van der Waals surface area contributed by atoms with E-state index >= 15 is 0 Å². The fraction of sp³-hybridized carbons (Fsp3) is 0.136. The zero-order valence-electron chi connectivity index (χ0n) is 16.1. The average molecular weight is 425 g/mol. The Kier molecular flexibility index (Phi) is 5.25. The van der Waals surface area contributed by atoms with Crippen LogP contribution in [0.1, 0.15) is 11.3 Å². The van der Waals surface area contributed by atoms with Crippen LogP contribution in [0.2, 0.25) is 0 Å². The molecule has 0 saturated heterocycles. The molecule has 0 radical (unpaired) electrons. The third kappa shape index (κ3) is 3.97. The van der Waals surface area contributed by atoms with E-state index in [2.05, 4.69) is 0 Å². The number of rotatable bonds is 6. The van der Waals surface area contributed by atoms with Crippen molar-refractivity contribution < 1.29 is 13.2 Å². The lowest BCUT2D eigenvalue weighted by Crippen LogP contribution is -2.10. The molecule has 29 heavy (non-hydrogen) atoms. The molecule has 0 spiro atoms. The Labute approximate surface area is 174 Å². The van der Waals surface area contributed by atoms with E-state index in [1.165, 1.54) is 0 Å². The minimum Gasteiger partial charge on any atom is -0.497 e. The third-order valence-corrected chi connectivity index (χ3v) is 7.22. The molecule has 0 aliphatic rings. The van der Waals surface area contributed by atoms with Gasteiger partial charge in [0.1, 0.15) is 11.4 Å². The number of ether oxygens (including phenoxy) is 1. The number of aryl methyl sites for hydroxylation is 1. The maximum atomic E-state index is 13.1. The van der Waals surface area contributed by atoms with Gasteiger partial charge in [0.05, 0.1) is 34.0 Å². The van der Waals surface area contributed by atoms with E-state index in [0.29, 0.717) is 11.4 Å². The van der Waals surface area contributed by atoms with E-state index in [0.717, 1.165) is 21.8 Å². The molecule has 5 nitrogen and oxygen atoms in total. The van der Waals surface area contributed by atoms with Crippen LogP contribution >= 0.6 is 11.3 Å². The molecule has 0 aliphatic heterocycles. The van der Waals surface area contributed by atoms with Crippen LogP contribution in [0, 0.1) is 6.92 Å². The quantitative estimate of drug-likeness (QED) is 0.442. The van der Waals surface area contributed by atoms with Crippen LogP contribution in [0.4, 0.5) is 0 Å². The van der Waals surface area contributed by atoms with Crippen LogP contribution in [-0.4, -0.2) is 25.3 Å². The first kappa shape index (κ1) is 19.4. The first-order valence-corrected chi connectivity index (χ1v) is 11.6. The van der Waals surface area contributed by atoms with Crippen molar-refractivity contribution in [3.63, 3.8) is 0 Å². The predicted molar refractivity (Wildman–Crippen MR) is 115 cm³/mol. The lowest BCUT2D eigenvalue weighted by atomic mass is 10.2. The number of hydrogen-bond acceptors (Lipinski definition) is 5. The lowest BCUT2D eigenvalue weighted by molar-refractivity contribution is 0.414. The van der Waals surface area contributed by atoms with Gasteiger partial charge in [-0.05, 0) is 60.3 Å². The minimum atomic E-state index is -3.55. The molecule has 7 heteroatoms. The van der Waals surface area contributed by atoms with Crippen LogP contribution in [0.15, 0.2) is 77.0 Å². The normalized spacial score (nSPS) is 11.5. The summed E-state index contributed by atoms with van der Waals surface area (Å²) in [6.07, 6.45) is 0. The van der Waals surface area contributed by atoms with Gasteiger partial charge in [-0.15, -0.1) is 11.3 Å². The van der Waals surface area contributed by atoms with E-state index in [1.54, 1.807) is 47.4 Å². The number of nitrogens with zero attached hydrogens (tertiary/aromatic N) is 2. The standard InChI is InChI=1S/C22H20N2O3S2/c1-16-6-3-4-7-21(16)24-17(14-20(23-24)22-8-5-13-28-22)15-29(25,26)19-11-9-18(27-2)10-12-19/h3-14H,15H2,1-2H3. The minimum absolute atomic E-state index is 0.147.